The van der Waals surface area contributed by atoms with Gasteiger partial charge >= 0.3 is 0 Å². The maximum absolute atomic E-state index is 12.7. The van der Waals surface area contributed by atoms with Crippen molar-refractivity contribution >= 4 is 5.69 Å². The fraction of sp³-hybridized carbons (Fsp3) is 0.200. The molecule has 0 bridgehead atoms. The molecule has 0 saturated heterocycles. The smallest absolute Gasteiger partial charge is 0.123 e. The molecule has 0 radical (unpaired) electrons. The van der Waals surface area contributed by atoms with Gasteiger partial charge in [-0.2, -0.15) is 0 Å². The molecule has 3 heteroatoms. The van der Waals surface area contributed by atoms with Crippen molar-refractivity contribution in [2.75, 3.05) is 11.9 Å². The van der Waals surface area contributed by atoms with Crippen molar-refractivity contribution in [1.82, 2.24) is 0 Å². The van der Waals surface area contributed by atoms with E-state index in [0.29, 0.717) is 13.2 Å². The molecule has 0 fully saturated rings. The Kier molecular flexibility index (Phi) is 4.18. The Hall–Kier alpha value is -2.03. The van der Waals surface area contributed by atoms with Crippen LogP contribution in [0.15, 0.2) is 48.5 Å². The Morgan fingerprint density at radius 1 is 1.00 bits per heavy atom. The first-order chi connectivity index (χ1) is 8.78. The summed E-state index contributed by atoms with van der Waals surface area (Å²) in [7, 11) is 0. The molecule has 0 aromatic heterocycles. The standard InChI is InChI=1S/C15H16FNO/c1-2-18-15-9-7-14(8-10-15)17-11-12-3-5-13(16)6-4-12/h3-10,17H,2,11H2,1H3. The van der Waals surface area contributed by atoms with E-state index in [1.165, 1.54) is 12.1 Å². The van der Waals surface area contributed by atoms with Crippen LogP contribution in [0.25, 0.3) is 0 Å². The second kappa shape index (κ2) is 6.05. The van der Waals surface area contributed by atoms with E-state index in [9.17, 15) is 4.39 Å². The molecule has 2 aromatic rings. The van der Waals surface area contributed by atoms with E-state index in [4.69, 9.17) is 4.74 Å². The molecule has 2 aromatic carbocycles. The number of anilines is 1. The van der Waals surface area contributed by atoms with Gasteiger partial charge in [0.25, 0.3) is 0 Å². The molecule has 0 aliphatic rings. The lowest BCUT2D eigenvalue weighted by Crippen LogP contribution is -1.99. The SMILES string of the molecule is CCOc1ccc(NCc2ccc(F)cc2)cc1. The van der Waals surface area contributed by atoms with Crippen LogP contribution in [-0.2, 0) is 6.54 Å². The lowest BCUT2D eigenvalue weighted by molar-refractivity contribution is 0.340. The van der Waals surface area contributed by atoms with E-state index in [1.807, 2.05) is 31.2 Å². The fourth-order valence-corrected chi connectivity index (χ4v) is 1.64. The molecule has 0 unspecified atom stereocenters. The van der Waals surface area contributed by atoms with Crippen molar-refractivity contribution in [3.63, 3.8) is 0 Å². The van der Waals surface area contributed by atoms with Crippen molar-refractivity contribution in [2.24, 2.45) is 0 Å². The minimum Gasteiger partial charge on any atom is -0.494 e. The summed E-state index contributed by atoms with van der Waals surface area (Å²) in [4.78, 5) is 0. The largest absolute Gasteiger partial charge is 0.494 e. The van der Waals surface area contributed by atoms with Gasteiger partial charge in [-0.25, -0.2) is 4.39 Å². The van der Waals surface area contributed by atoms with E-state index in [1.54, 1.807) is 12.1 Å². The number of halogens is 1. The normalized spacial score (nSPS) is 10.1. The van der Waals surface area contributed by atoms with Gasteiger partial charge < -0.3 is 10.1 Å². The van der Waals surface area contributed by atoms with Crippen LogP contribution < -0.4 is 10.1 Å². The Balaban J connectivity index is 1.91. The first-order valence-electron chi connectivity index (χ1n) is 5.99. The molecule has 2 nitrogen and oxygen atoms in total. The molecule has 0 spiro atoms. The third-order valence-electron chi connectivity index (χ3n) is 2.58. The second-order valence-electron chi connectivity index (χ2n) is 3.94. The Morgan fingerprint density at radius 2 is 1.67 bits per heavy atom. The molecule has 0 aliphatic heterocycles. The first-order valence-corrected chi connectivity index (χ1v) is 5.99. The predicted molar refractivity (Wildman–Crippen MR) is 71.3 cm³/mol. The van der Waals surface area contributed by atoms with Gasteiger partial charge in [-0.15, -0.1) is 0 Å². The van der Waals surface area contributed by atoms with Gasteiger partial charge in [0.2, 0.25) is 0 Å². The molecule has 2 rings (SSSR count). The average Bonchev–Trinajstić information content (AvgIpc) is 2.40. The number of nitrogens with one attached hydrogen (secondary N) is 1. The van der Waals surface area contributed by atoms with Crippen LogP contribution in [-0.4, -0.2) is 6.61 Å². The molecule has 0 saturated carbocycles. The van der Waals surface area contributed by atoms with Crippen molar-refractivity contribution in [3.8, 4) is 5.75 Å². The van der Waals surface area contributed by atoms with Gasteiger partial charge in [-0.05, 0) is 48.9 Å². The molecule has 0 atom stereocenters. The van der Waals surface area contributed by atoms with Crippen LogP contribution in [0, 0.1) is 5.82 Å². The minimum absolute atomic E-state index is 0.209. The van der Waals surface area contributed by atoms with Crippen LogP contribution in [0.3, 0.4) is 0 Å². The predicted octanol–water partition coefficient (Wildman–Crippen LogP) is 3.84. The highest BCUT2D eigenvalue weighted by atomic mass is 19.1. The molecule has 0 aliphatic carbocycles. The molecule has 0 amide bonds. The highest BCUT2D eigenvalue weighted by Gasteiger charge is 1.96. The van der Waals surface area contributed by atoms with E-state index < -0.39 is 0 Å². The quantitative estimate of drug-likeness (QED) is 0.864. The van der Waals surface area contributed by atoms with Crippen molar-refractivity contribution in [1.29, 1.82) is 0 Å². The molecular formula is C15H16FNO. The topological polar surface area (TPSA) is 21.3 Å². The maximum Gasteiger partial charge on any atom is 0.123 e. The zero-order valence-electron chi connectivity index (χ0n) is 10.3. The van der Waals surface area contributed by atoms with E-state index in [2.05, 4.69) is 5.32 Å². The number of ether oxygens (including phenoxy) is 1. The molecule has 1 N–H and O–H groups in total. The molecule has 94 valence electrons. The summed E-state index contributed by atoms with van der Waals surface area (Å²) in [5, 5.41) is 3.27. The van der Waals surface area contributed by atoms with Crippen LogP contribution in [0.5, 0.6) is 5.75 Å². The zero-order chi connectivity index (χ0) is 12.8. The monoisotopic (exact) mass is 245 g/mol. The minimum atomic E-state index is -0.209. The summed E-state index contributed by atoms with van der Waals surface area (Å²) in [6, 6.07) is 14.3. The van der Waals surface area contributed by atoms with Gasteiger partial charge in [0.1, 0.15) is 11.6 Å². The summed E-state index contributed by atoms with van der Waals surface area (Å²) < 4.78 is 18.1. The van der Waals surface area contributed by atoms with Crippen LogP contribution in [0.4, 0.5) is 10.1 Å². The number of rotatable bonds is 5. The highest BCUT2D eigenvalue weighted by Crippen LogP contribution is 2.16. The number of hydrogen-bond acceptors (Lipinski definition) is 2. The highest BCUT2D eigenvalue weighted by molar-refractivity contribution is 5.46. The zero-order valence-corrected chi connectivity index (χ0v) is 10.3. The van der Waals surface area contributed by atoms with E-state index in [-0.39, 0.29) is 5.82 Å². The Labute approximate surface area is 106 Å². The van der Waals surface area contributed by atoms with Gasteiger partial charge in [-0.3, -0.25) is 0 Å². The van der Waals surface area contributed by atoms with Crippen molar-refractivity contribution in [2.45, 2.75) is 13.5 Å². The molecule has 0 heterocycles. The second-order valence-corrected chi connectivity index (χ2v) is 3.94. The lowest BCUT2D eigenvalue weighted by atomic mass is 10.2. The third-order valence-corrected chi connectivity index (χ3v) is 2.58. The van der Waals surface area contributed by atoms with Crippen LogP contribution >= 0.6 is 0 Å². The van der Waals surface area contributed by atoms with Crippen molar-refractivity contribution < 1.29 is 9.13 Å². The maximum atomic E-state index is 12.7. The summed E-state index contributed by atoms with van der Waals surface area (Å²) >= 11 is 0. The third kappa shape index (κ3) is 3.48. The Bertz CT molecular complexity index is 479. The number of hydrogen-bond donors (Lipinski definition) is 1. The molecule has 18 heavy (non-hydrogen) atoms. The fourth-order valence-electron chi connectivity index (χ4n) is 1.64. The first kappa shape index (κ1) is 12.4. The number of benzene rings is 2. The van der Waals surface area contributed by atoms with Crippen LogP contribution in [0.2, 0.25) is 0 Å². The van der Waals surface area contributed by atoms with Crippen LogP contribution in [0.1, 0.15) is 12.5 Å². The lowest BCUT2D eigenvalue weighted by Gasteiger charge is -2.08. The summed E-state index contributed by atoms with van der Waals surface area (Å²) in [6.45, 7) is 3.30. The average molecular weight is 245 g/mol. The van der Waals surface area contributed by atoms with E-state index in [0.717, 1.165) is 17.0 Å². The Morgan fingerprint density at radius 3 is 2.28 bits per heavy atom. The van der Waals surface area contributed by atoms with E-state index >= 15 is 0 Å². The van der Waals surface area contributed by atoms with Gasteiger partial charge in [0.15, 0.2) is 0 Å². The summed E-state index contributed by atoms with van der Waals surface area (Å²) in [5.74, 6) is 0.657. The van der Waals surface area contributed by atoms with Gasteiger partial charge in [0.05, 0.1) is 6.61 Å². The summed E-state index contributed by atoms with van der Waals surface area (Å²) in [6.07, 6.45) is 0. The van der Waals surface area contributed by atoms with Gasteiger partial charge in [0, 0.05) is 12.2 Å². The summed E-state index contributed by atoms with van der Waals surface area (Å²) in [5.41, 5.74) is 2.06. The van der Waals surface area contributed by atoms with Crippen molar-refractivity contribution in [3.05, 3.63) is 59.9 Å². The molecular weight excluding hydrogens is 229 g/mol. The van der Waals surface area contributed by atoms with Gasteiger partial charge in [-0.1, -0.05) is 12.1 Å².